The van der Waals surface area contributed by atoms with Gasteiger partial charge in [0.2, 0.25) is 5.91 Å². The predicted molar refractivity (Wildman–Crippen MR) is 46.5 cm³/mol. The first kappa shape index (κ1) is 14.7. The number of carbonyl (C=O) groups is 2. The van der Waals surface area contributed by atoms with Gasteiger partial charge in [-0.25, -0.2) is 0 Å². The fraction of sp³-hybridized carbons (Fsp3) is 0.750. The maximum atomic E-state index is 12.0. The summed E-state index contributed by atoms with van der Waals surface area (Å²) in [5.74, 6) is -4.23. The molecule has 2 N–H and O–H groups in total. The molecule has 94 valence electrons. The zero-order valence-corrected chi connectivity index (χ0v) is 8.49. The van der Waals surface area contributed by atoms with Crippen LogP contribution in [0.4, 0.5) is 13.2 Å². The van der Waals surface area contributed by atoms with Crippen molar-refractivity contribution in [1.29, 1.82) is 0 Å². The van der Waals surface area contributed by atoms with E-state index in [4.69, 9.17) is 10.2 Å². The summed E-state index contributed by atoms with van der Waals surface area (Å²) in [4.78, 5) is 22.0. The number of alkyl halides is 3. The summed E-state index contributed by atoms with van der Waals surface area (Å²) < 4.78 is 36.1. The molecular weight excluding hydrogens is 231 g/mol. The molecule has 0 aliphatic carbocycles. The first-order valence-electron chi connectivity index (χ1n) is 4.38. The smallest absolute Gasteiger partial charge is 0.406 e. The van der Waals surface area contributed by atoms with Crippen molar-refractivity contribution in [3.05, 3.63) is 0 Å². The van der Waals surface area contributed by atoms with E-state index >= 15 is 0 Å². The Hall–Kier alpha value is -1.31. The molecule has 0 radical (unpaired) electrons. The average molecular weight is 243 g/mol. The zero-order chi connectivity index (χ0) is 12.9. The van der Waals surface area contributed by atoms with Crippen molar-refractivity contribution >= 4 is 11.9 Å². The van der Waals surface area contributed by atoms with Crippen LogP contribution in [-0.4, -0.2) is 52.9 Å². The van der Waals surface area contributed by atoms with Gasteiger partial charge in [-0.3, -0.25) is 9.59 Å². The lowest BCUT2D eigenvalue weighted by atomic mass is 10.1. The highest BCUT2D eigenvalue weighted by Gasteiger charge is 2.35. The molecule has 16 heavy (non-hydrogen) atoms. The standard InChI is InChI=1S/C8H12F3NO4/c1-5(7(15)16)6(14)12(2-3-13)4-8(9,10)11/h5,13H,2-4H2,1H3,(H,15,16). The van der Waals surface area contributed by atoms with Gasteiger partial charge in [0.05, 0.1) is 6.61 Å². The van der Waals surface area contributed by atoms with E-state index in [1.807, 2.05) is 0 Å². The van der Waals surface area contributed by atoms with E-state index in [2.05, 4.69) is 0 Å². The van der Waals surface area contributed by atoms with Crippen LogP contribution in [0.25, 0.3) is 0 Å². The number of nitrogens with zero attached hydrogens (tertiary/aromatic N) is 1. The maximum absolute atomic E-state index is 12.0. The number of carboxylic acids is 1. The van der Waals surface area contributed by atoms with E-state index in [0.717, 1.165) is 6.92 Å². The normalized spacial score (nSPS) is 13.3. The second kappa shape index (κ2) is 5.69. The van der Waals surface area contributed by atoms with E-state index in [0.29, 0.717) is 0 Å². The lowest BCUT2D eigenvalue weighted by molar-refractivity contribution is -0.168. The Labute approximate surface area is 89.5 Å². The van der Waals surface area contributed by atoms with Crippen molar-refractivity contribution in [1.82, 2.24) is 4.90 Å². The van der Waals surface area contributed by atoms with Gasteiger partial charge >= 0.3 is 12.1 Å². The largest absolute Gasteiger partial charge is 0.481 e. The summed E-state index contributed by atoms with van der Waals surface area (Å²) in [5, 5.41) is 17.0. The van der Waals surface area contributed by atoms with Gasteiger partial charge in [0.1, 0.15) is 12.5 Å². The van der Waals surface area contributed by atoms with Crippen LogP contribution in [0.2, 0.25) is 0 Å². The molecule has 0 aromatic rings. The molecule has 0 rings (SSSR count). The molecule has 0 aromatic carbocycles. The van der Waals surface area contributed by atoms with Gasteiger partial charge in [0.15, 0.2) is 0 Å². The highest BCUT2D eigenvalue weighted by Crippen LogP contribution is 2.17. The number of rotatable bonds is 5. The van der Waals surface area contributed by atoms with Crippen molar-refractivity contribution in [2.75, 3.05) is 19.7 Å². The number of hydrogen-bond acceptors (Lipinski definition) is 3. The van der Waals surface area contributed by atoms with E-state index in [9.17, 15) is 22.8 Å². The van der Waals surface area contributed by atoms with Gasteiger partial charge in [-0.2, -0.15) is 13.2 Å². The van der Waals surface area contributed by atoms with Crippen molar-refractivity contribution in [3.63, 3.8) is 0 Å². The highest BCUT2D eigenvalue weighted by atomic mass is 19.4. The molecule has 0 bridgehead atoms. The van der Waals surface area contributed by atoms with Crippen LogP contribution in [0.15, 0.2) is 0 Å². The van der Waals surface area contributed by atoms with Crippen LogP contribution in [0, 0.1) is 5.92 Å². The zero-order valence-electron chi connectivity index (χ0n) is 8.49. The summed E-state index contributed by atoms with van der Waals surface area (Å²) in [6.45, 7) is -1.78. The Balaban J connectivity index is 4.65. The summed E-state index contributed by atoms with van der Waals surface area (Å²) in [6.07, 6.45) is -4.62. The van der Waals surface area contributed by atoms with E-state index in [1.54, 1.807) is 0 Å². The molecule has 0 spiro atoms. The maximum Gasteiger partial charge on any atom is 0.406 e. The van der Waals surface area contributed by atoms with Crippen LogP contribution in [-0.2, 0) is 9.59 Å². The molecule has 1 atom stereocenters. The number of halogens is 3. The van der Waals surface area contributed by atoms with Crippen LogP contribution < -0.4 is 0 Å². The van der Waals surface area contributed by atoms with Gasteiger partial charge in [0, 0.05) is 6.54 Å². The molecule has 0 aliphatic heterocycles. The predicted octanol–water partition coefficient (Wildman–Crippen LogP) is 0.0903. The average Bonchev–Trinajstić information content (AvgIpc) is 2.12. The summed E-state index contributed by atoms with van der Waals surface area (Å²) in [6, 6.07) is 0. The van der Waals surface area contributed by atoms with Crippen LogP contribution >= 0.6 is 0 Å². The van der Waals surface area contributed by atoms with Gasteiger partial charge in [-0.05, 0) is 6.92 Å². The molecule has 8 heteroatoms. The molecule has 0 saturated heterocycles. The van der Waals surface area contributed by atoms with E-state index in [-0.39, 0.29) is 4.90 Å². The Kier molecular flexibility index (Phi) is 5.22. The van der Waals surface area contributed by atoms with Crippen molar-refractivity contribution in [3.8, 4) is 0 Å². The molecule has 5 nitrogen and oxygen atoms in total. The lowest BCUT2D eigenvalue weighted by Gasteiger charge is -2.24. The fourth-order valence-corrected chi connectivity index (χ4v) is 0.984. The lowest BCUT2D eigenvalue weighted by Crippen LogP contribution is -2.44. The Morgan fingerprint density at radius 2 is 1.88 bits per heavy atom. The Bertz CT molecular complexity index is 266. The topological polar surface area (TPSA) is 77.8 Å². The van der Waals surface area contributed by atoms with Gasteiger partial charge in [-0.1, -0.05) is 0 Å². The summed E-state index contributed by atoms with van der Waals surface area (Å²) in [5.41, 5.74) is 0. The minimum Gasteiger partial charge on any atom is -0.481 e. The number of amides is 1. The van der Waals surface area contributed by atoms with E-state index in [1.165, 1.54) is 0 Å². The van der Waals surface area contributed by atoms with Gasteiger partial charge in [0.25, 0.3) is 0 Å². The minimum absolute atomic E-state index is 0.277. The number of aliphatic hydroxyl groups is 1. The quantitative estimate of drug-likeness (QED) is 0.671. The molecule has 0 heterocycles. The molecule has 0 fully saturated rings. The van der Waals surface area contributed by atoms with E-state index < -0.39 is 43.7 Å². The third kappa shape index (κ3) is 4.96. The minimum atomic E-state index is -4.62. The summed E-state index contributed by atoms with van der Waals surface area (Å²) in [7, 11) is 0. The second-order valence-corrected chi connectivity index (χ2v) is 3.16. The third-order valence-corrected chi connectivity index (χ3v) is 1.79. The van der Waals surface area contributed by atoms with Crippen LogP contribution in [0.1, 0.15) is 6.92 Å². The molecule has 1 amide bonds. The monoisotopic (exact) mass is 243 g/mol. The number of aliphatic hydroxyl groups excluding tert-OH is 1. The van der Waals surface area contributed by atoms with Gasteiger partial charge < -0.3 is 15.1 Å². The first-order chi connectivity index (χ1) is 7.19. The Morgan fingerprint density at radius 1 is 1.38 bits per heavy atom. The Morgan fingerprint density at radius 3 is 2.19 bits per heavy atom. The summed E-state index contributed by atoms with van der Waals surface area (Å²) >= 11 is 0. The number of aliphatic carboxylic acids is 1. The van der Waals surface area contributed by atoms with Crippen molar-refractivity contribution < 1.29 is 33.0 Å². The molecule has 0 aromatic heterocycles. The molecule has 0 saturated carbocycles. The van der Waals surface area contributed by atoms with Gasteiger partial charge in [-0.15, -0.1) is 0 Å². The van der Waals surface area contributed by atoms with Crippen molar-refractivity contribution in [2.45, 2.75) is 13.1 Å². The molecule has 0 aliphatic rings. The SMILES string of the molecule is CC(C(=O)O)C(=O)N(CCO)CC(F)(F)F. The number of carbonyl (C=O) groups excluding carboxylic acids is 1. The highest BCUT2D eigenvalue weighted by molar-refractivity contribution is 5.96. The van der Waals surface area contributed by atoms with Crippen LogP contribution in [0.5, 0.6) is 0 Å². The molecular formula is C8H12F3NO4. The van der Waals surface area contributed by atoms with Crippen LogP contribution in [0.3, 0.4) is 0 Å². The second-order valence-electron chi connectivity index (χ2n) is 3.16. The third-order valence-electron chi connectivity index (χ3n) is 1.79. The van der Waals surface area contributed by atoms with Crippen molar-refractivity contribution in [2.24, 2.45) is 5.92 Å². The first-order valence-corrected chi connectivity index (χ1v) is 4.38. The number of carboxylic acid groups (broad SMARTS) is 1. The molecule has 1 unspecified atom stereocenters. The number of hydrogen-bond donors (Lipinski definition) is 2. The fourth-order valence-electron chi connectivity index (χ4n) is 0.984.